The lowest BCUT2D eigenvalue weighted by Crippen LogP contribution is -2.33. The fourth-order valence-electron chi connectivity index (χ4n) is 2.64. The summed E-state index contributed by atoms with van der Waals surface area (Å²) < 4.78 is 10.6. The summed E-state index contributed by atoms with van der Waals surface area (Å²) in [6, 6.07) is 0.241. The Labute approximate surface area is 137 Å². The third-order valence-electron chi connectivity index (χ3n) is 3.78. The summed E-state index contributed by atoms with van der Waals surface area (Å²) in [6.07, 6.45) is 4.53. The number of ether oxygens (including phenoxy) is 1. The highest BCUT2D eigenvalue weighted by Gasteiger charge is 2.25. The van der Waals surface area contributed by atoms with E-state index in [1.807, 2.05) is 20.8 Å². The molecule has 130 valence electrons. The Balaban J connectivity index is 1.72. The summed E-state index contributed by atoms with van der Waals surface area (Å²) in [7, 11) is 2.10. The first kappa shape index (κ1) is 17.7. The largest absolute Gasteiger partial charge is 0.444 e. The van der Waals surface area contributed by atoms with Gasteiger partial charge >= 0.3 is 6.09 Å². The number of aryl methyl sites for hydroxylation is 1. The predicted molar refractivity (Wildman–Crippen MR) is 86.1 cm³/mol. The fraction of sp³-hybridized carbons (Fsp3) is 0.812. The molecule has 2 rings (SSSR count). The Morgan fingerprint density at radius 1 is 1.43 bits per heavy atom. The Morgan fingerprint density at radius 3 is 2.91 bits per heavy atom. The maximum atomic E-state index is 11.5. The van der Waals surface area contributed by atoms with Gasteiger partial charge in [0.15, 0.2) is 5.82 Å². The monoisotopic (exact) mass is 324 g/mol. The maximum Gasteiger partial charge on any atom is 0.407 e. The van der Waals surface area contributed by atoms with E-state index in [1.54, 1.807) is 0 Å². The third kappa shape index (κ3) is 5.82. The van der Waals surface area contributed by atoms with E-state index < -0.39 is 11.7 Å². The van der Waals surface area contributed by atoms with Gasteiger partial charge in [-0.25, -0.2) is 4.79 Å². The number of aromatic nitrogens is 2. The zero-order valence-corrected chi connectivity index (χ0v) is 14.6. The molecule has 1 unspecified atom stereocenters. The van der Waals surface area contributed by atoms with E-state index in [0.717, 1.165) is 19.4 Å². The summed E-state index contributed by atoms with van der Waals surface area (Å²) in [5, 5.41) is 6.78. The van der Waals surface area contributed by atoms with Gasteiger partial charge in [0.2, 0.25) is 5.89 Å². The van der Waals surface area contributed by atoms with Crippen molar-refractivity contribution in [3.8, 4) is 0 Å². The molecule has 0 saturated carbocycles. The van der Waals surface area contributed by atoms with E-state index in [-0.39, 0.29) is 6.04 Å². The van der Waals surface area contributed by atoms with Crippen LogP contribution in [0, 0.1) is 0 Å². The fourth-order valence-corrected chi connectivity index (χ4v) is 2.64. The number of carbonyl (C=O) groups is 1. The van der Waals surface area contributed by atoms with E-state index >= 15 is 0 Å². The van der Waals surface area contributed by atoms with E-state index in [9.17, 15) is 4.79 Å². The summed E-state index contributed by atoms with van der Waals surface area (Å²) in [5.74, 6) is 1.41. The molecule has 0 aromatic carbocycles. The molecule has 0 bridgehead atoms. The molecule has 1 N–H and O–H groups in total. The van der Waals surface area contributed by atoms with Crippen molar-refractivity contribution in [1.29, 1.82) is 0 Å². The summed E-state index contributed by atoms with van der Waals surface area (Å²) in [5.41, 5.74) is -0.474. The number of likely N-dealkylation sites (tertiary alicyclic amines) is 1. The molecule has 23 heavy (non-hydrogen) atoms. The van der Waals surface area contributed by atoms with Crippen LogP contribution in [-0.4, -0.2) is 46.9 Å². The Bertz CT molecular complexity index is 510. The zero-order chi connectivity index (χ0) is 16.9. The highest BCUT2D eigenvalue weighted by molar-refractivity contribution is 5.67. The number of carbonyl (C=O) groups excluding carboxylic acids is 1. The number of piperidine rings is 1. The Kier molecular flexibility index (Phi) is 5.98. The maximum absolute atomic E-state index is 11.5. The lowest BCUT2D eigenvalue weighted by atomic mass is 10.0. The van der Waals surface area contributed by atoms with Crippen LogP contribution in [-0.2, 0) is 11.2 Å². The van der Waals surface area contributed by atoms with Crippen LogP contribution < -0.4 is 5.32 Å². The molecule has 1 aromatic rings. The van der Waals surface area contributed by atoms with Gasteiger partial charge < -0.3 is 14.6 Å². The molecule has 1 aromatic heterocycles. The lowest BCUT2D eigenvalue weighted by Gasteiger charge is -2.29. The highest BCUT2D eigenvalue weighted by Crippen LogP contribution is 2.28. The van der Waals surface area contributed by atoms with E-state index in [4.69, 9.17) is 9.26 Å². The van der Waals surface area contributed by atoms with Gasteiger partial charge in [0.05, 0.1) is 6.04 Å². The van der Waals surface area contributed by atoms with Crippen LogP contribution >= 0.6 is 0 Å². The second kappa shape index (κ2) is 7.77. The number of hydrogen-bond donors (Lipinski definition) is 1. The van der Waals surface area contributed by atoms with Gasteiger partial charge in [-0.1, -0.05) is 11.6 Å². The molecule has 1 aliphatic rings. The quantitative estimate of drug-likeness (QED) is 0.839. The van der Waals surface area contributed by atoms with Crippen LogP contribution in [0.1, 0.15) is 64.2 Å². The third-order valence-corrected chi connectivity index (χ3v) is 3.78. The van der Waals surface area contributed by atoms with Crippen LogP contribution in [0.3, 0.4) is 0 Å². The van der Waals surface area contributed by atoms with E-state index in [2.05, 4.69) is 27.4 Å². The van der Waals surface area contributed by atoms with Gasteiger partial charge in [0, 0.05) is 13.0 Å². The summed E-state index contributed by atoms with van der Waals surface area (Å²) in [6.45, 7) is 7.13. The van der Waals surface area contributed by atoms with Crippen molar-refractivity contribution in [2.75, 3.05) is 20.1 Å². The average Bonchev–Trinajstić information content (AvgIpc) is 2.91. The van der Waals surface area contributed by atoms with Crippen LogP contribution in [0.2, 0.25) is 0 Å². The molecule has 0 radical (unpaired) electrons. The Hall–Kier alpha value is -1.63. The second-order valence-corrected chi connectivity index (χ2v) is 7.07. The first-order valence-corrected chi connectivity index (χ1v) is 8.35. The van der Waals surface area contributed by atoms with Crippen LogP contribution in [0.25, 0.3) is 0 Å². The average molecular weight is 324 g/mol. The molecule has 1 atom stereocenters. The standard InChI is InChI=1S/C16H28N4O3/c1-16(2,3)22-15(21)17-10-7-9-13-18-14(23-19-13)12-8-5-6-11-20(12)4/h12H,5-11H2,1-4H3,(H,17,21). The predicted octanol–water partition coefficient (Wildman–Crippen LogP) is 2.68. The molecular formula is C16H28N4O3. The molecule has 1 amide bonds. The first-order chi connectivity index (χ1) is 10.8. The van der Waals surface area contributed by atoms with Crippen molar-refractivity contribution < 1.29 is 14.1 Å². The number of nitrogens with zero attached hydrogens (tertiary/aromatic N) is 3. The van der Waals surface area contributed by atoms with E-state index in [0.29, 0.717) is 24.7 Å². The molecule has 0 aliphatic carbocycles. The van der Waals surface area contributed by atoms with Gasteiger partial charge in [-0.15, -0.1) is 0 Å². The SMILES string of the molecule is CN1CCCCC1c1nc(CCCNC(=O)OC(C)(C)C)no1. The second-order valence-electron chi connectivity index (χ2n) is 7.07. The first-order valence-electron chi connectivity index (χ1n) is 8.35. The van der Waals surface area contributed by atoms with Gasteiger partial charge in [-0.2, -0.15) is 4.98 Å². The normalized spacial score (nSPS) is 19.6. The zero-order valence-electron chi connectivity index (χ0n) is 14.6. The van der Waals surface area contributed by atoms with Crippen LogP contribution in [0.15, 0.2) is 4.52 Å². The van der Waals surface area contributed by atoms with Crippen molar-refractivity contribution in [3.05, 3.63) is 11.7 Å². The molecule has 7 heteroatoms. The minimum absolute atomic E-state index is 0.241. The Morgan fingerprint density at radius 2 is 2.22 bits per heavy atom. The van der Waals surface area contributed by atoms with Gasteiger partial charge in [-0.05, 0) is 53.6 Å². The molecule has 1 fully saturated rings. The molecule has 1 aliphatic heterocycles. The van der Waals surface area contributed by atoms with Crippen LogP contribution in [0.4, 0.5) is 4.79 Å². The van der Waals surface area contributed by atoms with Crippen molar-refractivity contribution >= 4 is 6.09 Å². The lowest BCUT2D eigenvalue weighted by molar-refractivity contribution is 0.0527. The number of amides is 1. The highest BCUT2D eigenvalue weighted by atomic mass is 16.6. The van der Waals surface area contributed by atoms with Crippen molar-refractivity contribution in [2.24, 2.45) is 0 Å². The summed E-state index contributed by atoms with van der Waals surface area (Å²) >= 11 is 0. The molecule has 7 nitrogen and oxygen atoms in total. The number of hydrogen-bond acceptors (Lipinski definition) is 6. The van der Waals surface area contributed by atoms with Gasteiger partial charge in [-0.3, -0.25) is 4.90 Å². The van der Waals surface area contributed by atoms with Crippen molar-refractivity contribution in [3.63, 3.8) is 0 Å². The van der Waals surface area contributed by atoms with Crippen LogP contribution in [0.5, 0.6) is 0 Å². The molecule has 0 spiro atoms. The topological polar surface area (TPSA) is 80.5 Å². The minimum atomic E-state index is -0.474. The van der Waals surface area contributed by atoms with Gasteiger partial charge in [0.1, 0.15) is 5.60 Å². The molecular weight excluding hydrogens is 296 g/mol. The van der Waals surface area contributed by atoms with E-state index in [1.165, 1.54) is 12.8 Å². The van der Waals surface area contributed by atoms with Crippen molar-refractivity contribution in [2.45, 2.75) is 64.5 Å². The minimum Gasteiger partial charge on any atom is -0.444 e. The number of rotatable bonds is 5. The number of nitrogens with one attached hydrogen (secondary N) is 1. The molecule has 1 saturated heterocycles. The summed E-state index contributed by atoms with van der Waals surface area (Å²) in [4.78, 5) is 18.3. The molecule has 2 heterocycles. The van der Waals surface area contributed by atoms with Crippen molar-refractivity contribution in [1.82, 2.24) is 20.4 Å². The smallest absolute Gasteiger partial charge is 0.407 e. The number of alkyl carbamates (subject to hydrolysis) is 1. The van der Waals surface area contributed by atoms with Gasteiger partial charge in [0.25, 0.3) is 0 Å².